The van der Waals surface area contributed by atoms with E-state index < -0.39 is 24.1 Å². The van der Waals surface area contributed by atoms with E-state index in [1.165, 1.54) is 19.2 Å². The summed E-state index contributed by atoms with van der Waals surface area (Å²) in [5.74, 6) is -0.0247. The van der Waals surface area contributed by atoms with Crippen molar-refractivity contribution >= 4 is 5.78 Å². The molecular formula is C34H30NO5+. The van der Waals surface area contributed by atoms with E-state index in [2.05, 4.69) is 0 Å². The van der Waals surface area contributed by atoms with E-state index >= 15 is 0 Å². The summed E-state index contributed by atoms with van der Waals surface area (Å²) in [6.45, 7) is 1.26. The Labute approximate surface area is 233 Å². The number of pyridine rings is 1. The summed E-state index contributed by atoms with van der Waals surface area (Å²) >= 11 is 0. The third-order valence-corrected chi connectivity index (χ3v) is 6.59. The van der Waals surface area contributed by atoms with Crippen molar-refractivity contribution in [2.24, 2.45) is 0 Å². The van der Waals surface area contributed by atoms with Gasteiger partial charge in [0.25, 0.3) is 11.9 Å². The van der Waals surface area contributed by atoms with E-state index in [-0.39, 0.29) is 17.2 Å². The number of aliphatic hydroxyl groups is 1. The van der Waals surface area contributed by atoms with Crippen molar-refractivity contribution in [3.8, 4) is 11.5 Å². The molecule has 1 heterocycles. The first-order valence-corrected chi connectivity index (χ1v) is 13.0. The summed E-state index contributed by atoms with van der Waals surface area (Å²) < 4.78 is 13.9. The Morgan fingerprint density at radius 1 is 0.625 bits per heavy atom. The van der Waals surface area contributed by atoms with E-state index in [1.807, 2.05) is 121 Å². The summed E-state index contributed by atoms with van der Waals surface area (Å²) in [4.78, 5) is 12.1. The highest BCUT2D eigenvalue weighted by atomic mass is 16.5. The van der Waals surface area contributed by atoms with Crippen molar-refractivity contribution in [1.29, 1.82) is 0 Å². The van der Waals surface area contributed by atoms with Gasteiger partial charge in [-0.1, -0.05) is 121 Å². The molecule has 0 saturated heterocycles. The van der Waals surface area contributed by atoms with Gasteiger partial charge in [0, 0.05) is 4.73 Å². The van der Waals surface area contributed by atoms with Crippen LogP contribution in [0, 0.1) is 0 Å². The van der Waals surface area contributed by atoms with Crippen LogP contribution >= 0.6 is 0 Å². The largest absolute Gasteiger partial charge is 0.477 e. The number of benzene rings is 4. The fourth-order valence-corrected chi connectivity index (χ4v) is 4.54. The van der Waals surface area contributed by atoms with Crippen LogP contribution in [0.25, 0.3) is 0 Å². The molecule has 0 radical (unpaired) electrons. The van der Waals surface area contributed by atoms with Gasteiger partial charge in [-0.3, -0.25) is 10.0 Å². The number of Topliss-reactive ketones (excluding diaryl/α,β-unsaturated/α-hetero) is 1. The molecule has 0 saturated carbocycles. The lowest BCUT2D eigenvalue weighted by atomic mass is 10.0. The molecule has 5 rings (SSSR count). The van der Waals surface area contributed by atoms with E-state index in [9.17, 15) is 15.1 Å². The lowest BCUT2D eigenvalue weighted by molar-refractivity contribution is -0.911. The molecule has 4 aromatic carbocycles. The van der Waals surface area contributed by atoms with Gasteiger partial charge in [0.2, 0.25) is 11.9 Å². The molecule has 6 heteroatoms. The third-order valence-electron chi connectivity index (χ3n) is 6.59. The van der Waals surface area contributed by atoms with Crippen LogP contribution in [0.5, 0.6) is 11.5 Å². The van der Waals surface area contributed by atoms with Gasteiger partial charge in [0.1, 0.15) is 12.2 Å². The minimum Gasteiger partial charge on any atom is -0.477 e. The van der Waals surface area contributed by atoms with Crippen molar-refractivity contribution in [1.82, 2.24) is 0 Å². The smallest absolute Gasteiger partial charge is 0.274 e. The predicted octanol–water partition coefficient (Wildman–Crippen LogP) is 6.17. The molecule has 1 aromatic heterocycles. The molecule has 0 spiro atoms. The predicted molar refractivity (Wildman–Crippen MR) is 150 cm³/mol. The summed E-state index contributed by atoms with van der Waals surface area (Å²) in [5.41, 5.74) is 3.57. The number of hydrogen-bond donors (Lipinski definition) is 2. The molecular weight excluding hydrogens is 502 g/mol. The number of rotatable bonds is 10. The van der Waals surface area contributed by atoms with Crippen molar-refractivity contribution in [3.63, 3.8) is 0 Å². The van der Waals surface area contributed by atoms with Crippen LogP contribution in [0.15, 0.2) is 134 Å². The van der Waals surface area contributed by atoms with Crippen LogP contribution in [0.4, 0.5) is 0 Å². The van der Waals surface area contributed by atoms with Gasteiger partial charge in [-0.25, -0.2) is 0 Å². The van der Waals surface area contributed by atoms with Crippen molar-refractivity contribution in [3.05, 3.63) is 162 Å². The van der Waals surface area contributed by atoms with E-state index in [0.717, 1.165) is 22.3 Å². The summed E-state index contributed by atoms with van der Waals surface area (Å²) in [6, 6.07) is 40.4. The van der Waals surface area contributed by atoms with Gasteiger partial charge in [-0.2, -0.15) is 0 Å². The van der Waals surface area contributed by atoms with Crippen molar-refractivity contribution < 1.29 is 29.3 Å². The van der Waals surface area contributed by atoms with Gasteiger partial charge in [0.05, 0.1) is 6.07 Å². The molecule has 0 bridgehead atoms. The normalized spacial score (nSPS) is 11.8. The maximum Gasteiger partial charge on any atom is 0.274 e. The van der Waals surface area contributed by atoms with E-state index in [1.54, 1.807) is 0 Å². The fourth-order valence-electron chi connectivity index (χ4n) is 4.54. The Balaban J connectivity index is 1.64. The maximum atomic E-state index is 12.1. The molecule has 200 valence electrons. The fraction of sp³-hybridized carbons (Fsp3) is 0.118. The summed E-state index contributed by atoms with van der Waals surface area (Å²) in [5, 5.41) is 21.4. The van der Waals surface area contributed by atoms with E-state index in [4.69, 9.17) is 9.47 Å². The van der Waals surface area contributed by atoms with Crippen LogP contribution in [0.1, 0.15) is 53.2 Å². The number of ether oxygens (including phenoxy) is 2. The Morgan fingerprint density at radius 3 is 1.32 bits per heavy atom. The SMILES string of the molecule is CC(=O)C(O)c1cc(OC(c2ccccc2)c2ccccc2)c(OC(c2ccccc2)c2ccccc2)c[n+]1O. The Bertz CT molecular complexity index is 1460. The van der Waals surface area contributed by atoms with Crippen LogP contribution in [-0.4, -0.2) is 16.1 Å². The molecule has 1 atom stereocenters. The molecule has 0 aliphatic heterocycles. The number of ketones is 1. The summed E-state index contributed by atoms with van der Waals surface area (Å²) in [6.07, 6.45) is -1.29. The molecule has 1 unspecified atom stereocenters. The number of hydrogen-bond acceptors (Lipinski definition) is 5. The van der Waals surface area contributed by atoms with Gasteiger partial charge >= 0.3 is 0 Å². The molecule has 2 N–H and O–H groups in total. The lowest BCUT2D eigenvalue weighted by Crippen LogP contribution is -2.38. The quantitative estimate of drug-likeness (QED) is 0.166. The highest BCUT2D eigenvalue weighted by molar-refractivity contribution is 5.80. The van der Waals surface area contributed by atoms with Gasteiger partial charge in [-0.05, 0) is 29.2 Å². The first-order chi connectivity index (χ1) is 19.5. The molecule has 0 aliphatic rings. The number of aromatic nitrogens is 1. The Kier molecular flexibility index (Phi) is 8.18. The minimum absolute atomic E-state index is 0.0364. The monoisotopic (exact) mass is 532 g/mol. The van der Waals surface area contributed by atoms with Crippen molar-refractivity contribution in [2.45, 2.75) is 25.2 Å². The third kappa shape index (κ3) is 6.03. The van der Waals surface area contributed by atoms with Gasteiger partial charge < -0.3 is 14.6 Å². The van der Waals surface area contributed by atoms with Crippen molar-refractivity contribution in [2.75, 3.05) is 0 Å². The lowest BCUT2D eigenvalue weighted by Gasteiger charge is -2.24. The molecule has 0 amide bonds. The second kappa shape index (κ2) is 12.3. The zero-order chi connectivity index (χ0) is 27.9. The summed E-state index contributed by atoms with van der Waals surface area (Å²) in [7, 11) is 0. The number of nitrogens with zero attached hydrogens (tertiary/aromatic N) is 1. The number of carbonyl (C=O) groups is 1. The molecule has 0 fully saturated rings. The Morgan fingerprint density at radius 2 is 0.975 bits per heavy atom. The Hall–Kier alpha value is -4.94. The molecule has 40 heavy (non-hydrogen) atoms. The van der Waals surface area contributed by atoms with Crippen LogP contribution in [-0.2, 0) is 4.79 Å². The molecule has 5 aromatic rings. The number of carbonyl (C=O) groups excluding carboxylic acids is 1. The minimum atomic E-state index is -1.55. The average Bonchev–Trinajstić information content (AvgIpc) is 3.00. The molecule has 6 nitrogen and oxygen atoms in total. The van der Waals surface area contributed by atoms with E-state index in [0.29, 0.717) is 4.73 Å². The molecule has 0 aliphatic carbocycles. The maximum absolute atomic E-state index is 12.1. The van der Waals surface area contributed by atoms with Gasteiger partial charge in [-0.15, -0.1) is 0 Å². The highest BCUT2D eigenvalue weighted by Gasteiger charge is 2.31. The standard InChI is InChI=1S/C34H30NO5/c1-24(36)32(37)29-22-30(39-33(25-14-6-2-7-15-25)26-16-8-3-9-17-26)31(23-35(29)38)40-34(27-18-10-4-11-19-27)28-20-12-5-13-21-28/h2-23,32-34,37-38H,1H3/q+1. The second-order valence-corrected chi connectivity index (χ2v) is 9.42. The van der Waals surface area contributed by atoms with Crippen LogP contribution < -0.4 is 14.2 Å². The first-order valence-electron chi connectivity index (χ1n) is 13.0. The highest BCUT2D eigenvalue weighted by Crippen LogP contribution is 2.38. The van der Waals surface area contributed by atoms with Crippen LogP contribution in [0.3, 0.4) is 0 Å². The second-order valence-electron chi connectivity index (χ2n) is 9.42. The van der Waals surface area contributed by atoms with Crippen LogP contribution in [0.2, 0.25) is 0 Å². The zero-order valence-corrected chi connectivity index (χ0v) is 22.0. The topological polar surface area (TPSA) is 79.9 Å². The van der Waals surface area contributed by atoms with Gasteiger partial charge in [0.15, 0.2) is 11.5 Å². The number of aliphatic hydroxyl groups excluding tert-OH is 1. The average molecular weight is 533 g/mol. The zero-order valence-electron chi connectivity index (χ0n) is 22.0. The first kappa shape index (κ1) is 26.7.